The predicted molar refractivity (Wildman–Crippen MR) is 153 cm³/mol. The van der Waals surface area contributed by atoms with Crippen molar-refractivity contribution >= 4 is 52.2 Å². The number of rotatable bonds is 7. The zero-order valence-corrected chi connectivity index (χ0v) is 24.5. The Morgan fingerprint density at radius 2 is 1.90 bits per heavy atom. The highest BCUT2D eigenvalue weighted by Crippen LogP contribution is 2.28. The van der Waals surface area contributed by atoms with E-state index >= 15 is 0 Å². The van der Waals surface area contributed by atoms with E-state index in [2.05, 4.69) is 36.6 Å². The van der Waals surface area contributed by atoms with Gasteiger partial charge in [0, 0.05) is 43.8 Å². The smallest absolute Gasteiger partial charge is 0.410 e. The summed E-state index contributed by atoms with van der Waals surface area (Å²) in [4.78, 5) is 31.3. The number of hydrogen-bond donors (Lipinski definition) is 2. The van der Waals surface area contributed by atoms with E-state index in [9.17, 15) is 18.8 Å². The molecule has 15 heteroatoms. The summed E-state index contributed by atoms with van der Waals surface area (Å²) in [6, 6.07) is 5.91. The van der Waals surface area contributed by atoms with Crippen LogP contribution in [0.2, 0.25) is 5.02 Å². The van der Waals surface area contributed by atoms with Crippen molar-refractivity contribution in [2.45, 2.75) is 45.8 Å². The summed E-state index contributed by atoms with van der Waals surface area (Å²) < 4.78 is 29.3. The van der Waals surface area contributed by atoms with E-state index in [0.717, 1.165) is 15.4 Å². The Morgan fingerprint density at radius 3 is 2.56 bits per heavy atom. The van der Waals surface area contributed by atoms with Gasteiger partial charge in [0.25, 0.3) is 0 Å². The molecule has 1 amide bonds. The van der Waals surface area contributed by atoms with E-state index in [1.54, 1.807) is 4.90 Å². The molecule has 1 atom stereocenters. The molecule has 4 rings (SSSR count). The fourth-order valence-electron chi connectivity index (χ4n) is 4.14. The number of nitrogens with zero attached hydrogens (tertiary/aromatic N) is 7. The van der Waals surface area contributed by atoms with Gasteiger partial charge in [0.2, 0.25) is 5.95 Å². The lowest BCUT2D eigenvalue weighted by atomic mass is 9.99. The first kappa shape index (κ1) is 29.9. The number of anilines is 4. The number of halogens is 1. The maximum atomic E-state index is 12.6. The van der Waals surface area contributed by atoms with Crippen LogP contribution in [0.4, 0.5) is 28.1 Å². The quantitative estimate of drug-likeness (QED) is 0.379. The predicted octanol–water partition coefficient (Wildman–Crippen LogP) is 3.71. The van der Waals surface area contributed by atoms with Gasteiger partial charge in [-0.1, -0.05) is 11.6 Å². The first-order valence-electron chi connectivity index (χ1n) is 12.7. The summed E-state index contributed by atoms with van der Waals surface area (Å²) >= 11 is 3.79. The molecule has 0 aliphatic carbocycles. The minimum atomic E-state index is -2.53. The Labute approximate surface area is 245 Å². The third-order valence-electron chi connectivity index (χ3n) is 6.10. The van der Waals surface area contributed by atoms with E-state index in [0.29, 0.717) is 42.9 Å². The molecule has 0 spiro atoms. The van der Waals surface area contributed by atoms with Crippen molar-refractivity contribution in [1.82, 2.24) is 24.8 Å². The number of fused-ring (bicyclic) bond motifs is 1. The van der Waals surface area contributed by atoms with Crippen LogP contribution in [-0.2, 0) is 35.4 Å². The van der Waals surface area contributed by atoms with Crippen molar-refractivity contribution in [3.05, 3.63) is 58.1 Å². The fourth-order valence-corrected chi connectivity index (χ4v) is 4.59. The van der Waals surface area contributed by atoms with Crippen LogP contribution in [0.1, 0.15) is 43.2 Å². The highest BCUT2D eigenvalue weighted by molar-refractivity contribution is 7.80. The average molecular weight is 599 g/mol. The number of carbonyl (C=O) groups is 1. The molecule has 3 heterocycles. The molecule has 0 bridgehead atoms. The number of amides is 1. The summed E-state index contributed by atoms with van der Waals surface area (Å²) in [7, 11) is 1.36. The van der Waals surface area contributed by atoms with Gasteiger partial charge >= 0.3 is 6.09 Å². The topological polar surface area (TPSA) is 172 Å². The lowest BCUT2D eigenvalue weighted by Gasteiger charge is -2.26. The second kappa shape index (κ2) is 12.6. The Morgan fingerprint density at radius 1 is 1.22 bits per heavy atom. The molecule has 2 N–H and O–H groups in total. The molecule has 216 valence electrons. The van der Waals surface area contributed by atoms with Crippen LogP contribution in [0.5, 0.6) is 0 Å². The van der Waals surface area contributed by atoms with E-state index < -0.39 is 16.9 Å². The minimum Gasteiger partial charge on any atom is -0.755 e. The first-order chi connectivity index (χ1) is 19.4. The molecule has 0 saturated heterocycles. The SMILES string of the molecule is CN(c1nccnc1CNc1nc(Nc2cc3c(cc2C#N)CCN(C(=O)OC(C)(C)C)CC3)ncc1Cl)S(=O)[O-]. The number of benzene rings is 1. The van der Waals surface area contributed by atoms with Gasteiger partial charge in [-0.2, -0.15) is 10.2 Å². The Hall–Kier alpha value is -4.06. The Balaban J connectivity index is 1.51. The summed E-state index contributed by atoms with van der Waals surface area (Å²) in [6.07, 6.45) is 5.07. The number of ether oxygens (including phenoxy) is 1. The number of nitrogens with one attached hydrogen (secondary N) is 2. The molecule has 0 radical (unpaired) electrons. The molecule has 0 saturated carbocycles. The maximum absolute atomic E-state index is 12.6. The van der Waals surface area contributed by atoms with Gasteiger partial charge in [-0.05, 0) is 56.9 Å². The molecule has 1 aromatic carbocycles. The number of nitriles is 1. The fraction of sp³-hybridized carbons (Fsp3) is 0.385. The number of aromatic nitrogens is 4. The summed E-state index contributed by atoms with van der Waals surface area (Å²) in [5, 5.41) is 16.2. The van der Waals surface area contributed by atoms with Crippen molar-refractivity contribution in [1.29, 1.82) is 5.26 Å². The second-order valence-corrected chi connectivity index (χ2v) is 11.5. The van der Waals surface area contributed by atoms with Crippen LogP contribution in [0.25, 0.3) is 0 Å². The van der Waals surface area contributed by atoms with E-state index in [-0.39, 0.29) is 35.2 Å². The van der Waals surface area contributed by atoms with E-state index in [1.807, 2.05) is 32.9 Å². The highest BCUT2D eigenvalue weighted by Gasteiger charge is 2.25. The molecule has 1 aliphatic rings. The second-order valence-electron chi connectivity index (χ2n) is 10.2. The van der Waals surface area contributed by atoms with Gasteiger partial charge in [-0.15, -0.1) is 0 Å². The van der Waals surface area contributed by atoms with E-state index in [1.165, 1.54) is 25.6 Å². The van der Waals surface area contributed by atoms with Gasteiger partial charge in [0.15, 0.2) is 11.6 Å². The molecule has 13 nitrogen and oxygen atoms in total. The van der Waals surface area contributed by atoms with Crippen molar-refractivity contribution in [3.8, 4) is 6.07 Å². The third-order valence-corrected chi connectivity index (χ3v) is 7.00. The normalized spacial score (nSPS) is 13.8. The Bertz CT molecular complexity index is 1510. The molecule has 1 aliphatic heterocycles. The van der Waals surface area contributed by atoms with E-state index in [4.69, 9.17) is 16.3 Å². The van der Waals surface area contributed by atoms with Crippen molar-refractivity contribution in [2.75, 3.05) is 35.1 Å². The summed E-state index contributed by atoms with van der Waals surface area (Å²) in [6.45, 7) is 6.55. The van der Waals surface area contributed by atoms with Crippen molar-refractivity contribution in [3.63, 3.8) is 0 Å². The lowest BCUT2D eigenvalue weighted by Crippen LogP contribution is -2.38. The van der Waals surface area contributed by atoms with Crippen LogP contribution in [-0.4, -0.2) is 65.4 Å². The molecule has 3 aromatic rings. The van der Waals surface area contributed by atoms with Crippen molar-refractivity contribution < 1.29 is 18.3 Å². The average Bonchev–Trinajstić information content (AvgIpc) is 3.14. The van der Waals surface area contributed by atoms with Gasteiger partial charge < -0.3 is 24.8 Å². The minimum absolute atomic E-state index is 0.0807. The molecule has 2 aromatic heterocycles. The molecule has 41 heavy (non-hydrogen) atoms. The molecular formula is C26H29ClN9O4S-. The Kier molecular flexibility index (Phi) is 9.21. The highest BCUT2D eigenvalue weighted by atomic mass is 35.5. The standard InChI is InChI=1S/C26H30ClN9O4S/c1-26(2,3)40-25(37)36-9-5-16-11-18(13-28)20(12-17(16)6-10-36)33-24-32-14-19(27)22(34-24)31-15-21-23(30-8-7-29-21)35(4)41(38)39/h7-8,11-12,14H,5-6,9-10,15H2,1-4H3,(H,38,39)(H2,31,32,33,34)/p-1. The third kappa shape index (κ3) is 7.57. The lowest BCUT2D eigenvalue weighted by molar-refractivity contribution is 0.0258. The summed E-state index contributed by atoms with van der Waals surface area (Å²) in [5.41, 5.74) is 2.68. The van der Waals surface area contributed by atoms with Gasteiger partial charge in [0.05, 0.1) is 24.0 Å². The summed E-state index contributed by atoms with van der Waals surface area (Å²) in [5.74, 6) is 0.619. The van der Waals surface area contributed by atoms with Crippen LogP contribution >= 0.6 is 11.6 Å². The number of hydrogen-bond acceptors (Lipinski definition) is 11. The maximum Gasteiger partial charge on any atom is 0.410 e. The molecular weight excluding hydrogens is 570 g/mol. The van der Waals surface area contributed by atoms with Gasteiger partial charge in [-0.3, -0.25) is 13.5 Å². The first-order valence-corrected chi connectivity index (χ1v) is 14.1. The van der Waals surface area contributed by atoms with Crippen LogP contribution in [0, 0.1) is 11.3 Å². The monoisotopic (exact) mass is 598 g/mol. The molecule has 0 fully saturated rings. The molecule has 1 unspecified atom stereocenters. The van der Waals surface area contributed by atoms with Crippen LogP contribution in [0.3, 0.4) is 0 Å². The number of carbonyl (C=O) groups excluding carboxylic acids is 1. The van der Waals surface area contributed by atoms with Crippen LogP contribution < -0.4 is 14.9 Å². The van der Waals surface area contributed by atoms with Gasteiger partial charge in [-0.25, -0.2) is 14.8 Å². The zero-order valence-electron chi connectivity index (χ0n) is 23.0. The van der Waals surface area contributed by atoms with Crippen molar-refractivity contribution in [2.24, 2.45) is 0 Å². The largest absolute Gasteiger partial charge is 0.755 e. The zero-order chi connectivity index (χ0) is 29.7. The van der Waals surface area contributed by atoms with Gasteiger partial charge in [0.1, 0.15) is 22.4 Å². The van der Waals surface area contributed by atoms with Crippen LogP contribution in [0.15, 0.2) is 30.7 Å².